The molecule has 0 radical (unpaired) electrons. The second kappa shape index (κ2) is 9.35. The van der Waals surface area contributed by atoms with Gasteiger partial charge in [0.1, 0.15) is 11.5 Å². The second-order valence-corrected chi connectivity index (χ2v) is 9.07. The first kappa shape index (κ1) is 22.6. The van der Waals surface area contributed by atoms with Crippen LogP contribution in [-0.4, -0.2) is 32.6 Å². The molecule has 162 valence electrons. The van der Waals surface area contributed by atoms with Crippen molar-refractivity contribution in [2.45, 2.75) is 25.2 Å². The van der Waals surface area contributed by atoms with Crippen molar-refractivity contribution in [2.24, 2.45) is 0 Å². The summed E-state index contributed by atoms with van der Waals surface area (Å²) < 4.78 is 42.8. The van der Waals surface area contributed by atoms with Gasteiger partial charge in [0.2, 0.25) is 5.28 Å². The molecule has 9 heteroatoms. The highest BCUT2D eigenvalue weighted by Gasteiger charge is 2.64. The summed E-state index contributed by atoms with van der Waals surface area (Å²) in [6.45, 7) is 3.89. The van der Waals surface area contributed by atoms with Crippen molar-refractivity contribution in [1.82, 2.24) is 5.32 Å². The van der Waals surface area contributed by atoms with E-state index in [9.17, 15) is 4.57 Å². The van der Waals surface area contributed by atoms with Gasteiger partial charge in [0, 0.05) is 5.56 Å². The molecule has 0 spiro atoms. The maximum absolute atomic E-state index is 14.3. The SMILES string of the molecule is CCOP(=O)(OCC)[C@@]1(c2ccc(OC)cc2)NC(=S)O[C@@H]1c1ccccc1OC. The smallest absolute Gasteiger partial charge is 0.364 e. The van der Waals surface area contributed by atoms with Crippen LogP contribution in [0.3, 0.4) is 0 Å². The van der Waals surface area contributed by atoms with E-state index in [0.717, 1.165) is 0 Å². The van der Waals surface area contributed by atoms with Crippen molar-refractivity contribution in [1.29, 1.82) is 0 Å². The number of benzene rings is 2. The van der Waals surface area contributed by atoms with Gasteiger partial charge >= 0.3 is 7.60 Å². The van der Waals surface area contributed by atoms with Crippen LogP contribution in [0.1, 0.15) is 31.1 Å². The second-order valence-electron chi connectivity index (χ2n) is 6.48. The minimum absolute atomic E-state index is 0.0985. The van der Waals surface area contributed by atoms with Gasteiger partial charge < -0.3 is 28.6 Å². The zero-order valence-corrected chi connectivity index (χ0v) is 19.1. The molecule has 1 saturated heterocycles. The Kier molecular flexibility index (Phi) is 7.03. The Morgan fingerprint density at radius 1 is 1.03 bits per heavy atom. The van der Waals surface area contributed by atoms with Crippen LogP contribution in [0.4, 0.5) is 0 Å². The van der Waals surface area contributed by atoms with Crippen molar-refractivity contribution in [3.05, 3.63) is 59.7 Å². The molecular formula is C21H26NO6PS. The Balaban J connectivity index is 2.30. The van der Waals surface area contributed by atoms with Gasteiger partial charge in [0.25, 0.3) is 5.17 Å². The lowest BCUT2D eigenvalue weighted by Gasteiger charge is -2.38. The molecule has 1 aliphatic rings. The van der Waals surface area contributed by atoms with E-state index in [2.05, 4.69) is 5.32 Å². The fourth-order valence-corrected chi connectivity index (χ4v) is 6.31. The van der Waals surface area contributed by atoms with Crippen LogP contribution in [0.25, 0.3) is 0 Å². The maximum atomic E-state index is 14.3. The van der Waals surface area contributed by atoms with Crippen LogP contribution in [0.2, 0.25) is 0 Å². The number of ether oxygens (including phenoxy) is 3. The van der Waals surface area contributed by atoms with Crippen LogP contribution in [0.15, 0.2) is 48.5 Å². The fourth-order valence-electron chi connectivity index (χ4n) is 3.63. The molecule has 2 aromatic rings. The maximum Gasteiger partial charge on any atom is 0.364 e. The molecule has 7 nitrogen and oxygen atoms in total. The Hall–Kier alpha value is -2.12. The number of rotatable bonds is 9. The van der Waals surface area contributed by atoms with Gasteiger partial charge in [-0.25, -0.2) is 0 Å². The van der Waals surface area contributed by atoms with Gasteiger partial charge in [-0.15, -0.1) is 0 Å². The van der Waals surface area contributed by atoms with Gasteiger partial charge in [0.15, 0.2) is 6.10 Å². The van der Waals surface area contributed by atoms with E-state index >= 15 is 0 Å². The minimum Gasteiger partial charge on any atom is -0.497 e. The van der Waals surface area contributed by atoms with Crippen molar-refractivity contribution in [3.8, 4) is 11.5 Å². The number of nitrogens with one attached hydrogen (secondary N) is 1. The first-order valence-electron chi connectivity index (χ1n) is 9.61. The molecule has 0 unspecified atom stereocenters. The average molecular weight is 451 g/mol. The number of hydrogen-bond donors (Lipinski definition) is 1. The van der Waals surface area contributed by atoms with Crippen LogP contribution < -0.4 is 14.8 Å². The van der Waals surface area contributed by atoms with E-state index in [1.165, 1.54) is 0 Å². The zero-order valence-electron chi connectivity index (χ0n) is 17.4. The molecule has 2 atom stereocenters. The Labute approximate surface area is 182 Å². The Morgan fingerprint density at radius 2 is 1.67 bits per heavy atom. The van der Waals surface area contributed by atoms with Crippen molar-refractivity contribution in [2.75, 3.05) is 27.4 Å². The van der Waals surface area contributed by atoms with Crippen LogP contribution >= 0.6 is 19.8 Å². The first-order chi connectivity index (χ1) is 14.5. The molecule has 0 saturated carbocycles. The summed E-state index contributed by atoms with van der Waals surface area (Å²) in [6.07, 6.45) is -0.821. The molecule has 1 heterocycles. The van der Waals surface area contributed by atoms with Crippen molar-refractivity contribution in [3.63, 3.8) is 0 Å². The highest BCUT2D eigenvalue weighted by molar-refractivity contribution is 7.80. The lowest BCUT2D eigenvalue weighted by atomic mass is 9.95. The topological polar surface area (TPSA) is 75.3 Å². The predicted molar refractivity (Wildman–Crippen MR) is 118 cm³/mol. The van der Waals surface area contributed by atoms with Gasteiger partial charge in [0.05, 0.1) is 27.4 Å². The quantitative estimate of drug-likeness (QED) is 0.432. The number of methoxy groups -OCH3 is 2. The van der Waals surface area contributed by atoms with Crippen LogP contribution in [0.5, 0.6) is 11.5 Å². The molecule has 3 rings (SSSR count). The van der Waals surface area contributed by atoms with Crippen LogP contribution in [0, 0.1) is 0 Å². The summed E-state index contributed by atoms with van der Waals surface area (Å²) in [4.78, 5) is 0. The summed E-state index contributed by atoms with van der Waals surface area (Å²) in [5.74, 6) is 1.23. The Bertz CT molecular complexity index is 927. The third kappa shape index (κ3) is 3.81. The fraction of sp³-hybridized carbons (Fsp3) is 0.381. The molecule has 0 amide bonds. The van der Waals surface area contributed by atoms with Crippen LogP contribution in [-0.2, 0) is 23.6 Å². The average Bonchev–Trinajstić information content (AvgIpc) is 3.12. The van der Waals surface area contributed by atoms with Crippen molar-refractivity contribution >= 4 is 25.0 Å². The number of para-hydroxylation sites is 1. The highest BCUT2D eigenvalue weighted by Crippen LogP contribution is 2.70. The highest BCUT2D eigenvalue weighted by atomic mass is 32.1. The lowest BCUT2D eigenvalue weighted by molar-refractivity contribution is 0.134. The standard InChI is InChI=1S/C21H26NO6PS/c1-5-26-29(23,27-6-2)21(15-11-13-16(24-3)14-12-15)19(28-20(30)22-21)17-9-7-8-10-18(17)25-4/h7-14,19H,5-6H2,1-4H3,(H,22,30)/t19-,21-/m1/s1. The van der Waals surface area contributed by atoms with Gasteiger partial charge in [-0.2, -0.15) is 0 Å². The van der Waals surface area contributed by atoms with E-state index < -0.39 is 19.0 Å². The largest absolute Gasteiger partial charge is 0.497 e. The normalized spacial score (nSPS) is 21.1. The molecule has 1 N–H and O–H groups in total. The summed E-state index contributed by atoms with van der Waals surface area (Å²) in [5, 5.41) is 1.81. The lowest BCUT2D eigenvalue weighted by Crippen LogP contribution is -2.43. The first-order valence-corrected chi connectivity index (χ1v) is 11.6. The summed E-state index contributed by atoms with van der Waals surface area (Å²) in [6, 6.07) is 14.5. The van der Waals surface area contributed by atoms with Gasteiger partial charge in [-0.05, 0) is 49.8 Å². The van der Waals surface area contributed by atoms with E-state index in [0.29, 0.717) is 22.6 Å². The molecule has 30 heavy (non-hydrogen) atoms. The molecule has 0 bridgehead atoms. The van der Waals surface area contributed by atoms with E-state index in [1.807, 2.05) is 24.3 Å². The molecule has 2 aromatic carbocycles. The van der Waals surface area contributed by atoms with Gasteiger partial charge in [-0.3, -0.25) is 4.57 Å². The molecule has 0 aromatic heterocycles. The third-order valence-electron chi connectivity index (χ3n) is 4.88. The molecule has 1 aliphatic heterocycles. The van der Waals surface area contributed by atoms with E-state index in [4.69, 9.17) is 35.5 Å². The zero-order chi connectivity index (χ0) is 21.8. The number of hydrogen-bond acceptors (Lipinski definition) is 7. The summed E-state index contributed by atoms with van der Waals surface area (Å²) in [5.41, 5.74) is 1.30. The number of thiocarbonyl (C=S) groups is 1. The molecular weight excluding hydrogens is 425 g/mol. The summed E-state index contributed by atoms with van der Waals surface area (Å²) in [7, 11) is -0.701. The van der Waals surface area contributed by atoms with E-state index in [1.54, 1.807) is 52.3 Å². The minimum atomic E-state index is -3.85. The molecule has 1 fully saturated rings. The van der Waals surface area contributed by atoms with E-state index in [-0.39, 0.29) is 18.4 Å². The van der Waals surface area contributed by atoms with Crippen molar-refractivity contribution < 1.29 is 27.8 Å². The third-order valence-corrected chi connectivity index (χ3v) is 7.74. The molecule has 0 aliphatic carbocycles. The monoisotopic (exact) mass is 451 g/mol. The summed E-state index contributed by atoms with van der Waals surface area (Å²) >= 11 is 5.38. The predicted octanol–water partition coefficient (Wildman–Crippen LogP) is 4.77. The Morgan fingerprint density at radius 3 is 2.23 bits per heavy atom. The van der Waals surface area contributed by atoms with Gasteiger partial charge in [-0.1, -0.05) is 30.3 Å².